The van der Waals surface area contributed by atoms with E-state index in [9.17, 15) is 5.11 Å². The first-order valence-electron chi connectivity index (χ1n) is 7.40. The summed E-state index contributed by atoms with van der Waals surface area (Å²) >= 11 is 6.23. The van der Waals surface area contributed by atoms with E-state index in [1.807, 2.05) is 19.1 Å². The molecule has 0 saturated carbocycles. The second-order valence-electron chi connectivity index (χ2n) is 5.80. The van der Waals surface area contributed by atoms with Gasteiger partial charge in [-0.1, -0.05) is 30.7 Å². The summed E-state index contributed by atoms with van der Waals surface area (Å²) in [5.74, 6) is 1.27. The molecule has 1 aliphatic rings. The molecule has 20 heavy (non-hydrogen) atoms. The second-order valence-corrected chi connectivity index (χ2v) is 6.21. The van der Waals surface area contributed by atoms with Gasteiger partial charge in [0.15, 0.2) is 0 Å². The molecule has 0 bridgehead atoms. The third kappa shape index (κ3) is 4.11. The lowest BCUT2D eigenvalue weighted by molar-refractivity contribution is 0.162. The van der Waals surface area contributed by atoms with Crippen molar-refractivity contribution in [1.29, 1.82) is 0 Å². The third-order valence-corrected chi connectivity index (χ3v) is 4.01. The number of fused-ring (bicyclic) bond motifs is 1. The minimum absolute atomic E-state index is 0.244. The van der Waals surface area contributed by atoms with Crippen LogP contribution >= 0.6 is 11.6 Å². The number of nitrogens with one attached hydrogen (secondary N) is 1. The Labute approximate surface area is 126 Å². The molecule has 0 radical (unpaired) electrons. The standard InChI is InChI=1S/C16H24ClNO2/c1-11(9-12(2)19)10-18-15-7-4-8-20-16-13(15)5-3-6-14(16)17/h3,5-6,11-12,15,18-19H,4,7-10H2,1-2H3. The number of para-hydroxylation sites is 1. The lowest BCUT2D eigenvalue weighted by Gasteiger charge is -2.22. The highest BCUT2D eigenvalue weighted by atomic mass is 35.5. The van der Waals surface area contributed by atoms with Crippen molar-refractivity contribution in [2.75, 3.05) is 13.2 Å². The third-order valence-electron chi connectivity index (χ3n) is 3.71. The Kier molecular flexibility index (Phi) is 5.70. The number of hydrogen-bond acceptors (Lipinski definition) is 3. The molecule has 0 aliphatic carbocycles. The molecule has 3 atom stereocenters. The van der Waals surface area contributed by atoms with E-state index in [-0.39, 0.29) is 12.1 Å². The lowest BCUT2D eigenvalue weighted by Crippen LogP contribution is -2.27. The molecule has 0 saturated heterocycles. The van der Waals surface area contributed by atoms with Gasteiger partial charge in [0.05, 0.1) is 17.7 Å². The van der Waals surface area contributed by atoms with Crippen LogP contribution in [0.3, 0.4) is 0 Å². The Morgan fingerprint density at radius 1 is 1.45 bits per heavy atom. The van der Waals surface area contributed by atoms with Gasteiger partial charge < -0.3 is 15.2 Å². The van der Waals surface area contributed by atoms with Gasteiger partial charge in [0.2, 0.25) is 0 Å². The van der Waals surface area contributed by atoms with Crippen molar-refractivity contribution in [3.8, 4) is 5.75 Å². The molecule has 1 heterocycles. The van der Waals surface area contributed by atoms with Crippen molar-refractivity contribution < 1.29 is 9.84 Å². The van der Waals surface area contributed by atoms with E-state index in [0.717, 1.165) is 43.7 Å². The summed E-state index contributed by atoms with van der Waals surface area (Å²) in [4.78, 5) is 0. The molecule has 4 heteroatoms. The van der Waals surface area contributed by atoms with Crippen molar-refractivity contribution in [3.63, 3.8) is 0 Å². The van der Waals surface area contributed by atoms with Crippen LogP contribution in [0.1, 0.15) is 44.7 Å². The lowest BCUT2D eigenvalue weighted by atomic mass is 9.99. The summed E-state index contributed by atoms with van der Waals surface area (Å²) in [7, 11) is 0. The van der Waals surface area contributed by atoms with Gasteiger partial charge in [0.25, 0.3) is 0 Å². The molecule has 0 spiro atoms. The highest BCUT2D eigenvalue weighted by Crippen LogP contribution is 2.36. The van der Waals surface area contributed by atoms with Gasteiger partial charge in [-0.2, -0.15) is 0 Å². The topological polar surface area (TPSA) is 41.5 Å². The van der Waals surface area contributed by atoms with Crippen molar-refractivity contribution in [2.24, 2.45) is 5.92 Å². The van der Waals surface area contributed by atoms with Crippen LogP contribution in [0.15, 0.2) is 18.2 Å². The van der Waals surface area contributed by atoms with Gasteiger partial charge in [-0.15, -0.1) is 0 Å². The van der Waals surface area contributed by atoms with Crippen molar-refractivity contribution in [1.82, 2.24) is 5.32 Å². The minimum Gasteiger partial charge on any atom is -0.492 e. The summed E-state index contributed by atoms with van der Waals surface area (Å²) in [5.41, 5.74) is 1.15. The average Bonchev–Trinajstić information content (AvgIpc) is 2.59. The Morgan fingerprint density at radius 3 is 3.00 bits per heavy atom. The molecule has 2 N–H and O–H groups in total. The summed E-state index contributed by atoms with van der Waals surface area (Å²) in [6, 6.07) is 6.22. The molecule has 1 aromatic carbocycles. The van der Waals surface area contributed by atoms with E-state index >= 15 is 0 Å². The highest BCUT2D eigenvalue weighted by molar-refractivity contribution is 6.32. The summed E-state index contributed by atoms with van der Waals surface area (Å²) in [6.07, 6.45) is 2.65. The number of rotatable bonds is 5. The maximum atomic E-state index is 9.43. The fourth-order valence-electron chi connectivity index (χ4n) is 2.79. The first-order chi connectivity index (χ1) is 9.58. The molecular weight excluding hydrogens is 274 g/mol. The van der Waals surface area contributed by atoms with Gasteiger partial charge >= 0.3 is 0 Å². The van der Waals surface area contributed by atoms with Crippen LogP contribution in [-0.2, 0) is 0 Å². The predicted molar refractivity (Wildman–Crippen MR) is 82.4 cm³/mol. The van der Waals surface area contributed by atoms with Crippen LogP contribution < -0.4 is 10.1 Å². The second kappa shape index (κ2) is 7.30. The maximum absolute atomic E-state index is 9.43. The largest absolute Gasteiger partial charge is 0.492 e. The van der Waals surface area contributed by atoms with Crippen LogP contribution in [0.2, 0.25) is 5.02 Å². The smallest absolute Gasteiger partial charge is 0.142 e. The number of hydrogen-bond donors (Lipinski definition) is 2. The summed E-state index contributed by atoms with van der Waals surface area (Å²) in [5, 5.41) is 13.7. The van der Waals surface area contributed by atoms with Crippen LogP contribution in [0.25, 0.3) is 0 Å². The van der Waals surface area contributed by atoms with Gasteiger partial charge in [-0.05, 0) is 44.7 Å². The van der Waals surface area contributed by atoms with E-state index in [2.05, 4.69) is 18.3 Å². The molecular formula is C16H24ClNO2. The Balaban J connectivity index is 2.03. The fraction of sp³-hybridized carbons (Fsp3) is 0.625. The van der Waals surface area contributed by atoms with E-state index in [1.54, 1.807) is 0 Å². The van der Waals surface area contributed by atoms with Crippen molar-refractivity contribution in [2.45, 2.75) is 45.3 Å². The highest BCUT2D eigenvalue weighted by Gasteiger charge is 2.21. The predicted octanol–water partition coefficient (Wildman–Crippen LogP) is 3.55. The van der Waals surface area contributed by atoms with Gasteiger partial charge in [0.1, 0.15) is 5.75 Å². The van der Waals surface area contributed by atoms with E-state index < -0.39 is 0 Å². The molecule has 0 fully saturated rings. The van der Waals surface area contributed by atoms with Crippen LogP contribution in [0, 0.1) is 5.92 Å². The molecule has 3 unspecified atom stereocenters. The first-order valence-corrected chi connectivity index (χ1v) is 7.78. The quantitative estimate of drug-likeness (QED) is 0.873. The SMILES string of the molecule is CC(O)CC(C)CNC1CCCOc2c(Cl)cccc21. The Hall–Kier alpha value is -0.770. The van der Waals surface area contributed by atoms with E-state index in [1.165, 1.54) is 0 Å². The van der Waals surface area contributed by atoms with Gasteiger partial charge in [0, 0.05) is 11.6 Å². The van der Waals surface area contributed by atoms with E-state index in [0.29, 0.717) is 10.9 Å². The number of aliphatic hydroxyl groups excluding tert-OH is 1. The number of halogens is 1. The molecule has 1 aliphatic heterocycles. The fourth-order valence-corrected chi connectivity index (χ4v) is 3.03. The molecule has 0 amide bonds. The zero-order valence-electron chi connectivity index (χ0n) is 12.2. The van der Waals surface area contributed by atoms with Crippen LogP contribution in [0.4, 0.5) is 0 Å². The van der Waals surface area contributed by atoms with E-state index in [4.69, 9.17) is 16.3 Å². The Morgan fingerprint density at radius 2 is 2.25 bits per heavy atom. The first kappa shape index (κ1) is 15.6. The molecule has 0 aromatic heterocycles. The summed E-state index contributed by atoms with van der Waals surface area (Å²) in [6.45, 7) is 5.61. The van der Waals surface area contributed by atoms with Crippen molar-refractivity contribution in [3.05, 3.63) is 28.8 Å². The number of aliphatic hydroxyl groups is 1. The zero-order chi connectivity index (χ0) is 14.5. The minimum atomic E-state index is -0.244. The van der Waals surface area contributed by atoms with Gasteiger partial charge in [-0.25, -0.2) is 0 Å². The molecule has 3 nitrogen and oxygen atoms in total. The number of ether oxygens (including phenoxy) is 1. The molecule has 2 rings (SSSR count). The van der Waals surface area contributed by atoms with Crippen LogP contribution in [0.5, 0.6) is 5.75 Å². The average molecular weight is 298 g/mol. The van der Waals surface area contributed by atoms with Crippen molar-refractivity contribution >= 4 is 11.6 Å². The normalized spacial score (nSPS) is 21.5. The molecule has 112 valence electrons. The zero-order valence-corrected chi connectivity index (χ0v) is 13.0. The maximum Gasteiger partial charge on any atom is 0.142 e. The molecule has 1 aromatic rings. The Bertz CT molecular complexity index is 436. The van der Waals surface area contributed by atoms with Gasteiger partial charge in [-0.3, -0.25) is 0 Å². The monoisotopic (exact) mass is 297 g/mol. The van der Waals surface area contributed by atoms with Crippen LogP contribution in [-0.4, -0.2) is 24.4 Å². The summed E-state index contributed by atoms with van der Waals surface area (Å²) < 4.78 is 5.77. The number of benzene rings is 1.